The minimum absolute atomic E-state index is 0.218. The standard InChI is InChI=1S/C11H15ClN2O2/c1-11(2,7-12)14-10(15)8-4-5-13-6-9(8)16-3/h4-6H,7H2,1-3H3,(H,14,15). The number of alkyl halides is 1. The highest BCUT2D eigenvalue weighted by Gasteiger charge is 2.21. The third-order valence-corrected chi connectivity index (χ3v) is 2.70. The molecule has 1 aromatic heterocycles. The summed E-state index contributed by atoms with van der Waals surface area (Å²) < 4.78 is 5.06. The van der Waals surface area contributed by atoms with Crippen molar-refractivity contribution in [3.8, 4) is 5.75 Å². The summed E-state index contributed by atoms with van der Waals surface area (Å²) in [5.41, 5.74) is 0.00288. The molecule has 0 bridgehead atoms. The van der Waals surface area contributed by atoms with Gasteiger partial charge in [-0.3, -0.25) is 9.78 Å². The molecule has 0 saturated heterocycles. The highest BCUT2D eigenvalue weighted by molar-refractivity contribution is 6.18. The lowest BCUT2D eigenvalue weighted by Crippen LogP contribution is -2.45. The molecule has 0 atom stereocenters. The van der Waals surface area contributed by atoms with Crippen molar-refractivity contribution in [1.29, 1.82) is 0 Å². The second-order valence-corrected chi connectivity index (χ2v) is 4.31. The molecule has 1 amide bonds. The van der Waals surface area contributed by atoms with Gasteiger partial charge in [-0.05, 0) is 19.9 Å². The zero-order valence-corrected chi connectivity index (χ0v) is 10.3. The number of nitrogens with one attached hydrogen (secondary N) is 1. The van der Waals surface area contributed by atoms with Crippen molar-refractivity contribution < 1.29 is 9.53 Å². The van der Waals surface area contributed by atoms with Crippen molar-refractivity contribution in [2.45, 2.75) is 19.4 Å². The summed E-state index contributed by atoms with van der Waals surface area (Å²) in [6.45, 7) is 3.71. The Morgan fingerprint density at radius 1 is 1.62 bits per heavy atom. The first kappa shape index (κ1) is 12.8. The number of carbonyl (C=O) groups is 1. The molecular weight excluding hydrogens is 228 g/mol. The van der Waals surface area contributed by atoms with E-state index in [1.165, 1.54) is 13.3 Å². The lowest BCUT2D eigenvalue weighted by molar-refractivity contribution is 0.0917. The molecule has 1 rings (SSSR count). The fraction of sp³-hybridized carbons (Fsp3) is 0.455. The van der Waals surface area contributed by atoms with Gasteiger partial charge in [0.15, 0.2) is 0 Å². The van der Waals surface area contributed by atoms with Crippen molar-refractivity contribution in [1.82, 2.24) is 10.3 Å². The van der Waals surface area contributed by atoms with E-state index in [0.717, 1.165) is 0 Å². The molecule has 1 heterocycles. The van der Waals surface area contributed by atoms with Gasteiger partial charge in [-0.25, -0.2) is 0 Å². The highest BCUT2D eigenvalue weighted by Crippen LogP contribution is 2.16. The Hall–Kier alpha value is -1.29. The van der Waals surface area contributed by atoms with E-state index >= 15 is 0 Å². The number of hydrogen-bond acceptors (Lipinski definition) is 3. The lowest BCUT2D eigenvalue weighted by Gasteiger charge is -2.23. The Labute approximate surface area is 100.0 Å². The van der Waals surface area contributed by atoms with Crippen molar-refractivity contribution in [3.05, 3.63) is 24.0 Å². The molecule has 0 aliphatic rings. The molecule has 4 nitrogen and oxygen atoms in total. The Balaban J connectivity index is 2.88. The highest BCUT2D eigenvalue weighted by atomic mass is 35.5. The molecule has 0 saturated carbocycles. The summed E-state index contributed by atoms with van der Waals surface area (Å²) in [6.07, 6.45) is 3.05. The normalized spacial score (nSPS) is 11.0. The van der Waals surface area contributed by atoms with Gasteiger partial charge in [0, 0.05) is 17.6 Å². The van der Waals surface area contributed by atoms with Crippen LogP contribution in [0.2, 0.25) is 0 Å². The fourth-order valence-electron chi connectivity index (χ4n) is 1.14. The Bertz CT molecular complexity index is 380. The number of rotatable bonds is 4. The third-order valence-electron chi connectivity index (χ3n) is 2.04. The van der Waals surface area contributed by atoms with E-state index < -0.39 is 5.54 Å². The van der Waals surface area contributed by atoms with Gasteiger partial charge in [0.25, 0.3) is 5.91 Å². The molecule has 0 aliphatic heterocycles. The number of ether oxygens (including phenoxy) is 1. The molecule has 0 aliphatic carbocycles. The molecule has 0 unspecified atom stereocenters. The Morgan fingerprint density at radius 3 is 2.88 bits per heavy atom. The maximum Gasteiger partial charge on any atom is 0.255 e. The number of pyridine rings is 1. The van der Waals surface area contributed by atoms with Gasteiger partial charge in [0.2, 0.25) is 0 Å². The van der Waals surface area contributed by atoms with Crippen LogP contribution in [-0.2, 0) is 0 Å². The van der Waals surface area contributed by atoms with Crippen LogP contribution >= 0.6 is 11.6 Å². The third kappa shape index (κ3) is 3.10. The first-order valence-corrected chi connectivity index (χ1v) is 5.40. The van der Waals surface area contributed by atoms with Crippen LogP contribution in [0.25, 0.3) is 0 Å². The summed E-state index contributed by atoms with van der Waals surface area (Å²) in [7, 11) is 1.50. The monoisotopic (exact) mass is 242 g/mol. The van der Waals surface area contributed by atoms with Crippen molar-refractivity contribution >= 4 is 17.5 Å². The SMILES string of the molecule is COc1cnccc1C(=O)NC(C)(C)CCl. The molecule has 0 radical (unpaired) electrons. The Kier molecular flexibility index (Phi) is 4.12. The number of carbonyl (C=O) groups excluding carboxylic acids is 1. The molecule has 1 aromatic rings. The number of halogens is 1. The predicted molar refractivity (Wildman–Crippen MR) is 63.1 cm³/mol. The van der Waals surface area contributed by atoms with E-state index in [1.54, 1.807) is 12.3 Å². The summed E-state index contributed by atoms with van der Waals surface area (Å²) in [4.78, 5) is 15.8. The molecule has 88 valence electrons. The van der Waals surface area contributed by atoms with Gasteiger partial charge in [0.1, 0.15) is 5.75 Å². The summed E-state index contributed by atoms with van der Waals surface area (Å²) >= 11 is 5.74. The van der Waals surface area contributed by atoms with Crippen molar-refractivity contribution in [3.63, 3.8) is 0 Å². The van der Waals surface area contributed by atoms with E-state index in [-0.39, 0.29) is 5.91 Å². The van der Waals surface area contributed by atoms with Crippen LogP contribution in [0.5, 0.6) is 5.75 Å². The van der Waals surface area contributed by atoms with E-state index in [2.05, 4.69) is 10.3 Å². The summed E-state index contributed by atoms with van der Waals surface area (Å²) in [6, 6.07) is 1.61. The molecule has 0 aromatic carbocycles. The van der Waals surface area contributed by atoms with Crippen LogP contribution in [0.4, 0.5) is 0 Å². The van der Waals surface area contributed by atoms with Gasteiger partial charge in [-0.15, -0.1) is 11.6 Å². The number of aromatic nitrogens is 1. The molecular formula is C11H15ClN2O2. The quantitative estimate of drug-likeness (QED) is 0.820. The number of hydrogen-bond donors (Lipinski definition) is 1. The van der Waals surface area contributed by atoms with Gasteiger partial charge in [-0.1, -0.05) is 0 Å². The van der Waals surface area contributed by atoms with E-state index in [9.17, 15) is 4.79 Å². The predicted octanol–water partition coefficient (Wildman–Crippen LogP) is 1.84. The molecule has 5 heteroatoms. The number of amides is 1. The summed E-state index contributed by atoms with van der Waals surface area (Å²) in [5.74, 6) is 0.571. The minimum atomic E-state index is -0.451. The first-order valence-electron chi connectivity index (χ1n) is 4.86. The van der Waals surface area contributed by atoms with Gasteiger partial charge < -0.3 is 10.1 Å². The van der Waals surface area contributed by atoms with E-state index in [1.807, 2.05) is 13.8 Å². The fourth-order valence-corrected chi connectivity index (χ4v) is 1.21. The molecule has 16 heavy (non-hydrogen) atoms. The largest absolute Gasteiger partial charge is 0.494 e. The zero-order valence-electron chi connectivity index (χ0n) is 9.58. The smallest absolute Gasteiger partial charge is 0.255 e. The van der Waals surface area contributed by atoms with Gasteiger partial charge in [-0.2, -0.15) is 0 Å². The van der Waals surface area contributed by atoms with Crippen LogP contribution in [0.1, 0.15) is 24.2 Å². The number of methoxy groups -OCH3 is 1. The van der Waals surface area contributed by atoms with Gasteiger partial charge >= 0.3 is 0 Å². The van der Waals surface area contributed by atoms with Crippen LogP contribution in [0.3, 0.4) is 0 Å². The van der Waals surface area contributed by atoms with Crippen LogP contribution in [-0.4, -0.2) is 29.4 Å². The topological polar surface area (TPSA) is 51.2 Å². The second-order valence-electron chi connectivity index (χ2n) is 4.05. The molecule has 1 N–H and O–H groups in total. The maximum atomic E-state index is 11.9. The average molecular weight is 243 g/mol. The molecule has 0 spiro atoms. The minimum Gasteiger partial charge on any atom is -0.494 e. The van der Waals surface area contributed by atoms with Crippen molar-refractivity contribution in [2.24, 2.45) is 0 Å². The molecule has 0 fully saturated rings. The number of nitrogens with zero attached hydrogens (tertiary/aromatic N) is 1. The van der Waals surface area contributed by atoms with Crippen LogP contribution in [0.15, 0.2) is 18.5 Å². The van der Waals surface area contributed by atoms with E-state index in [0.29, 0.717) is 17.2 Å². The van der Waals surface area contributed by atoms with Gasteiger partial charge in [0.05, 0.1) is 18.9 Å². The van der Waals surface area contributed by atoms with Crippen LogP contribution < -0.4 is 10.1 Å². The second kappa shape index (κ2) is 5.16. The maximum absolute atomic E-state index is 11.9. The van der Waals surface area contributed by atoms with E-state index in [4.69, 9.17) is 16.3 Å². The Morgan fingerprint density at radius 2 is 2.31 bits per heavy atom. The average Bonchev–Trinajstić information content (AvgIpc) is 2.28. The summed E-state index contributed by atoms with van der Waals surface area (Å²) in [5, 5.41) is 2.82. The van der Waals surface area contributed by atoms with Crippen LogP contribution in [0, 0.1) is 0 Å². The zero-order chi connectivity index (χ0) is 12.2. The lowest BCUT2D eigenvalue weighted by atomic mass is 10.1. The first-order chi connectivity index (χ1) is 7.50. The van der Waals surface area contributed by atoms with Crippen molar-refractivity contribution in [2.75, 3.05) is 13.0 Å².